The summed E-state index contributed by atoms with van der Waals surface area (Å²) in [5.41, 5.74) is 2.11. The molecule has 5 rings (SSSR count). The third-order valence-electron chi connectivity index (χ3n) is 5.68. The van der Waals surface area contributed by atoms with E-state index >= 15 is 0 Å². The maximum atomic E-state index is 12.4. The van der Waals surface area contributed by atoms with Crippen LogP contribution in [0.1, 0.15) is 48.0 Å². The number of nitrogens with zero attached hydrogens (tertiary/aromatic N) is 5. The standard InChI is InChI=1S/C20H23N5O2/c26-20(17-4-3-13-27-17)24-11-7-15(8-12-24)19-21-18-6-5-16(14-25(18)22-19)23-9-1-2-10-23/h3-6,13-15H,1-2,7-12H2. The van der Waals surface area contributed by atoms with Crippen LogP contribution in [0.4, 0.5) is 5.69 Å². The Balaban J connectivity index is 1.29. The largest absolute Gasteiger partial charge is 0.459 e. The molecule has 0 spiro atoms. The minimum Gasteiger partial charge on any atom is -0.459 e. The van der Waals surface area contributed by atoms with Gasteiger partial charge in [-0.3, -0.25) is 4.79 Å². The topological polar surface area (TPSA) is 66.9 Å². The predicted molar refractivity (Wildman–Crippen MR) is 101 cm³/mol. The summed E-state index contributed by atoms with van der Waals surface area (Å²) in [6.45, 7) is 3.65. The third kappa shape index (κ3) is 3.07. The van der Waals surface area contributed by atoms with Crippen LogP contribution in [0.15, 0.2) is 41.1 Å². The van der Waals surface area contributed by atoms with E-state index in [-0.39, 0.29) is 5.91 Å². The SMILES string of the molecule is O=C(c1ccco1)N1CCC(c2nc3ccc(N4CCCC4)cn3n2)CC1. The van der Waals surface area contributed by atoms with Gasteiger partial charge in [-0.1, -0.05) is 0 Å². The summed E-state index contributed by atoms with van der Waals surface area (Å²) in [5.74, 6) is 1.56. The maximum absolute atomic E-state index is 12.4. The molecule has 0 aliphatic carbocycles. The Morgan fingerprint density at radius 3 is 2.63 bits per heavy atom. The van der Waals surface area contributed by atoms with Crippen LogP contribution in [0.25, 0.3) is 5.65 Å². The fourth-order valence-corrected chi connectivity index (χ4v) is 4.12. The maximum Gasteiger partial charge on any atom is 0.289 e. The Bertz CT molecular complexity index is 935. The molecule has 0 atom stereocenters. The van der Waals surface area contributed by atoms with Gasteiger partial charge in [-0.15, -0.1) is 0 Å². The first-order valence-corrected chi connectivity index (χ1v) is 9.72. The summed E-state index contributed by atoms with van der Waals surface area (Å²) in [6, 6.07) is 7.66. The van der Waals surface area contributed by atoms with Crippen LogP contribution in [-0.2, 0) is 0 Å². The van der Waals surface area contributed by atoms with Gasteiger partial charge < -0.3 is 14.2 Å². The van der Waals surface area contributed by atoms with E-state index in [2.05, 4.69) is 23.2 Å². The van der Waals surface area contributed by atoms with Gasteiger partial charge in [0.2, 0.25) is 0 Å². The van der Waals surface area contributed by atoms with Crippen LogP contribution in [0, 0.1) is 0 Å². The van der Waals surface area contributed by atoms with Gasteiger partial charge in [0, 0.05) is 32.1 Å². The fraction of sp³-hybridized carbons (Fsp3) is 0.450. The van der Waals surface area contributed by atoms with Crippen molar-refractivity contribution in [2.24, 2.45) is 0 Å². The van der Waals surface area contributed by atoms with Crippen molar-refractivity contribution in [1.82, 2.24) is 19.5 Å². The molecular weight excluding hydrogens is 342 g/mol. The highest BCUT2D eigenvalue weighted by atomic mass is 16.3. The summed E-state index contributed by atoms with van der Waals surface area (Å²) < 4.78 is 7.14. The van der Waals surface area contributed by atoms with Crippen LogP contribution < -0.4 is 4.90 Å². The van der Waals surface area contributed by atoms with Crippen LogP contribution >= 0.6 is 0 Å². The number of anilines is 1. The molecule has 2 fully saturated rings. The highest BCUT2D eigenvalue weighted by Gasteiger charge is 2.28. The van der Waals surface area contributed by atoms with Gasteiger partial charge >= 0.3 is 0 Å². The van der Waals surface area contributed by atoms with E-state index in [0.717, 1.165) is 37.4 Å². The van der Waals surface area contributed by atoms with Gasteiger partial charge in [0.25, 0.3) is 5.91 Å². The van der Waals surface area contributed by atoms with Gasteiger partial charge in [0.05, 0.1) is 18.1 Å². The molecule has 3 aromatic heterocycles. The summed E-state index contributed by atoms with van der Waals surface area (Å²) >= 11 is 0. The quantitative estimate of drug-likeness (QED) is 0.714. The van der Waals surface area contributed by atoms with E-state index in [1.54, 1.807) is 12.1 Å². The van der Waals surface area contributed by atoms with Crippen molar-refractivity contribution in [2.75, 3.05) is 31.1 Å². The van der Waals surface area contributed by atoms with Gasteiger partial charge in [-0.2, -0.15) is 5.10 Å². The van der Waals surface area contributed by atoms with Crippen molar-refractivity contribution in [1.29, 1.82) is 0 Å². The average Bonchev–Trinajstić information content (AvgIpc) is 3.48. The van der Waals surface area contributed by atoms with Crippen LogP contribution in [0.2, 0.25) is 0 Å². The lowest BCUT2D eigenvalue weighted by molar-refractivity contribution is 0.0679. The average molecular weight is 365 g/mol. The van der Waals surface area contributed by atoms with Crippen LogP contribution in [0.3, 0.4) is 0 Å². The number of carbonyl (C=O) groups excluding carboxylic acids is 1. The second-order valence-corrected chi connectivity index (χ2v) is 7.40. The molecule has 0 bridgehead atoms. The second-order valence-electron chi connectivity index (χ2n) is 7.40. The van der Waals surface area contributed by atoms with Crippen molar-refractivity contribution < 1.29 is 9.21 Å². The number of aromatic nitrogens is 3. The smallest absolute Gasteiger partial charge is 0.289 e. The van der Waals surface area contributed by atoms with Crippen molar-refractivity contribution in [2.45, 2.75) is 31.6 Å². The summed E-state index contributed by atoms with van der Waals surface area (Å²) in [4.78, 5) is 21.4. The van der Waals surface area contributed by atoms with Crippen molar-refractivity contribution in [3.05, 3.63) is 48.3 Å². The lowest BCUT2D eigenvalue weighted by Gasteiger charge is -2.30. The number of fused-ring (bicyclic) bond motifs is 1. The Kier molecular flexibility index (Phi) is 4.07. The number of piperidine rings is 1. The van der Waals surface area contributed by atoms with Crippen molar-refractivity contribution in [3.8, 4) is 0 Å². The lowest BCUT2D eigenvalue weighted by Crippen LogP contribution is -2.37. The van der Waals surface area contributed by atoms with Gasteiger partial charge in [0.15, 0.2) is 17.2 Å². The molecule has 0 N–H and O–H groups in total. The van der Waals surface area contributed by atoms with Gasteiger partial charge in [-0.25, -0.2) is 9.50 Å². The second kappa shape index (κ2) is 6.72. The van der Waals surface area contributed by atoms with E-state index in [1.807, 2.05) is 9.42 Å². The zero-order valence-corrected chi connectivity index (χ0v) is 15.3. The zero-order valence-electron chi connectivity index (χ0n) is 15.3. The highest BCUT2D eigenvalue weighted by Crippen LogP contribution is 2.28. The summed E-state index contributed by atoms with van der Waals surface area (Å²) in [6.07, 6.45) is 7.90. The number of hydrogen-bond donors (Lipinski definition) is 0. The number of amides is 1. The Morgan fingerprint density at radius 2 is 1.89 bits per heavy atom. The van der Waals surface area contributed by atoms with E-state index < -0.39 is 0 Å². The fourth-order valence-electron chi connectivity index (χ4n) is 4.12. The zero-order chi connectivity index (χ0) is 18.2. The lowest BCUT2D eigenvalue weighted by atomic mass is 9.96. The number of hydrogen-bond acceptors (Lipinski definition) is 5. The molecule has 0 aromatic carbocycles. The van der Waals surface area contributed by atoms with E-state index in [4.69, 9.17) is 14.5 Å². The molecule has 27 heavy (non-hydrogen) atoms. The first-order valence-electron chi connectivity index (χ1n) is 9.72. The number of likely N-dealkylation sites (tertiary alicyclic amines) is 1. The Morgan fingerprint density at radius 1 is 1.07 bits per heavy atom. The van der Waals surface area contributed by atoms with Crippen LogP contribution in [-0.4, -0.2) is 51.6 Å². The molecule has 7 nitrogen and oxygen atoms in total. The van der Waals surface area contributed by atoms with Crippen LogP contribution in [0.5, 0.6) is 0 Å². The van der Waals surface area contributed by atoms with E-state index in [9.17, 15) is 4.79 Å². The Hall–Kier alpha value is -2.83. The molecule has 7 heteroatoms. The summed E-state index contributed by atoms with van der Waals surface area (Å²) in [7, 11) is 0. The summed E-state index contributed by atoms with van der Waals surface area (Å²) in [5, 5.41) is 4.75. The molecule has 0 radical (unpaired) electrons. The minimum atomic E-state index is -0.0309. The number of furan rings is 1. The van der Waals surface area contributed by atoms with Crippen molar-refractivity contribution >= 4 is 17.2 Å². The number of rotatable bonds is 3. The molecule has 0 unspecified atom stereocenters. The molecule has 2 saturated heterocycles. The number of carbonyl (C=O) groups is 1. The normalized spacial score (nSPS) is 18.5. The minimum absolute atomic E-state index is 0.0309. The Labute approximate surface area is 157 Å². The first-order chi connectivity index (χ1) is 13.3. The molecule has 5 heterocycles. The molecule has 3 aromatic rings. The van der Waals surface area contributed by atoms with Gasteiger partial charge in [-0.05, 0) is 49.9 Å². The monoisotopic (exact) mass is 365 g/mol. The molecule has 2 aliphatic rings. The first kappa shape index (κ1) is 16.4. The molecule has 2 aliphatic heterocycles. The predicted octanol–water partition coefficient (Wildman–Crippen LogP) is 2.94. The third-order valence-corrected chi connectivity index (χ3v) is 5.68. The molecule has 1 amide bonds. The molecule has 0 saturated carbocycles. The highest BCUT2D eigenvalue weighted by molar-refractivity contribution is 5.91. The van der Waals surface area contributed by atoms with Crippen molar-refractivity contribution in [3.63, 3.8) is 0 Å². The number of pyridine rings is 1. The molecular formula is C20H23N5O2. The van der Waals surface area contributed by atoms with E-state index in [0.29, 0.717) is 24.8 Å². The van der Waals surface area contributed by atoms with Gasteiger partial charge in [0.1, 0.15) is 0 Å². The van der Waals surface area contributed by atoms with E-state index in [1.165, 1.54) is 24.8 Å². The molecule has 140 valence electrons.